The van der Waals surface area contributed by atoms with Gasteiger partial charge in [0.15, 0.2) is 0 Å². The molecule has 0 heterocycles. The lowest BCUT2D eigenvalue weighted by Crippen LogP contribution is -2.32. The standard InChI is InChI=1S/C18H28O/c1-17(2,3)13-15(16(19)18(4,5)6)12-14-10-8-7-9-11-14/h7-11,15H,12-13H2,1-6H3/t15-/m1/s1/i12D,15D/t12-,15+/m0. The Labute approximate surface area is 121 Å². The maximum Gasteiger partial charge on any atom is 0.141 e. The molecule has 0 aliphatic carbocycles. The first-order valence-electron chi connectivity index (χ1n) is 7.98. The molecule has 1 nitrogen and oxygen atoms in total. The van der Waals surface area contributed by atoms with Crippen LogP contribution in [0.4, 0.5) is 0 Å². The molecule has 0 spiro atoms. The minimum absolute atomic E-state index is 0.159. The van der Waals surface area contributed by atoms with Crippen molar-refractivity contribution in [1.82, 2.24) is 0 Å². The molecule has 0 unspecified atom stereocenters. The van der Waals surface area contributed by atoms with Crippen molar-refractivity contribution in [2.75, 3.05) is 0 Å². The third-order valence-corrected chi connectivity index (χ3v) is 2.83. The van der Waals surface area contributed by atoms with Gasteiger partial charge in [-0.3, -0.25) is 4.79 Å². The van der Waals surface area contributed by atoms with Gasteiger partial charge in [0.2, 0.25) is 0 Å². The van der Waals surface area contributed by atoms with Crippen LogP contribution in [0, 0.1) is 16.7 Å². The number of carbonyl (C=O) groups is 1. The number of rotatable bonds is 4. The van der Waals surface area contributed by atoms with E-state index in [1.165, 1.54) is 0 Å². The van der Waals surface area contributed by atoms with Crippen molar-refractivity contribution >= 4 is 5.78 Å². The normalized spacial score (nSPS) is 19.1. The zero-order chi connectivity index (χ0) is 16.5. The molecule has 106 valence electrons. The van der Waals surface area contributed by atoms with E-state index in [0.29, 0.717) is 6.42 Å². The highest BCUT2D eigenvalue weighted by Gasteiger charge is 2.32. The summed E-state index contributed by atoms with van der Waals surface area (Å²) in [5.74, 6) is -1.59. The fourth-order valence-corrected chi connectivity index (χ4v) is 2.00. The summed E-state index contributed by atoms with van der Waals surface area (Å²) < 4.78 is 17.4. The van der Waals surface area contributed by atoms with Crippen LogP contribution in [0.1, 0.15) is 56.3 Å². The Bertz CT molecular complexity index is 482. The van der Waals surface area contributed by atoms with Crippen molar-refractivity contribution in [3.8, 4) is 0 Å². The Morgan fingerprint density at radius 2 is 1.68 bits per heavy atom. The van der Waals surface area contributed by atoms with Gasteiger partial charge in [0.1, 0.15) is 5.78 Å². The molecule has 0 aliphatic heterocycles. The van der Waals surface area contributed by atoms with Gasteiger partial charge in [-0.15, -0.1) is 0 Å². The molecular weight excluding hydrogens is 232 g/mol. The van der Waals surface area contributed by atoms with Crippen LogP contribution in [0.25, 0.3) is 0 Å². The Hall–Kier alpha value is -1.11. The maximum absolute atomic E-state index is 12.9. The predicted molar refractivity (Wildman–Crippen MR) is 82.2 cm³/mol. The van der Waals surface area contributed by atoms with E-state index in [4.69, 9.17) is 2.74 Å². The molecule has 0 amide bonds. The number of carbonyl (C=O) groups excluding carboxylic acids is 1. The molecule has 0 radical (unpaired) electrons. The van der Waals surface area contributed by atoms with Gasteiger partial charge in [0, 0.05) is 14.1 Å². The minimum atomic E-state index is -1.43. The van der Waals surface area contributed by atoms with Crippen molar-refractivity contribution in [1.29, 1.82) is 0 Å². The van der Waals surface area contributed by atoms with Gasteiger partial charge in [-0.2, -0.15) is 0 Å². The van der Waals surface area contributed by atoms with Crippen LogP contribution in [-0.4, -0.2) is 5.78 Å². The van der Waals surface area contributed by atoms with Crippen molar-refractivity contribution in [3.05, 3.63) is 35.9 Å². The van der Waals surface area contributed by atoms with Crippen LogP contribution in [0.15, 0.2) is 30.3 Å². The summed E-state index contributed by atoms with van der Waals surface area (Å²) in [5, 5.41) is 0. The molecule has 2 atom stereocenters. The van der Waals surface area contributed by atoms with Crippen molar-refractivity contribution in [2.24, 2.45) is 16.7 Å². The molecule has 1 heteroatoms. The first kappa shape index (κ1) is 12.9. The van der Waals surface area contributed by atoms with Gasteiger partial charge < -0.3 is 0 Å². The van der Waals surface area contributed by atoms with Crippen molar-refractivity contribution in [2.45, 2.75) is 54.4 Å². The highest BCUT2D eigenvalue weighted by molar-refractivity contribution is 5.86. The van der Waals surface area contributed by atoms with Crippen LogP contribution >= 0.6 is 0 Å². The first-order valence-corrected chi connectivity index (χ1v) is 6.90. The van der Waals surface area contributed by atoms with E-state index in [1.807, 2.05) is 71.9 Å². The van der Waals surface area contributed by atoms with E-state index >= 15 is 0 Å². The summed E-state index contributed by atoms with van der Waals surface area (Å²) in [5.41, 5.74) is -0.0768. The maximum atomic E-state index is 12.9. The summed E-state index contributed by atoms with van der Waals surface area (Å²) in [4.78, 5) is 12.9. The Kier molecular flexibility index (Phi) is 4.00. The van der Waals surface area contributed by atoms with Gasteiger partial charge in [0.05, 0.1) is 0 Å². The third-order valence-electron chi connectivity index (χ3n) is 2.83. The Morgan fingerprint density at radius 3 is 2.11 bits per heavy atom. The summed E-state index contributed by atoms with van der Waals surface area (Å²) in [7, 11) is 0. The minimum Gasteiger partial charge on any atom is -0.299 e. The van der Waals surface area contributed by atoms with Crippen LogP contribution in [0.5, 0.6) is 0 Å². The second-order valence-corrected chi connectivity index (χ2v) is 7.40. The molecule has 0 N–H and O–H groups in total. The van der Waals surface area contributed by atoms with E-state index in [2.05, 4.69) is 0 Å². The summed E-state index contributed by atoms with van der Waals surface area (Å²) in [6.07, 6.45) is -0.497. The van der Waals surface area contributed by atoms with Gasteiger partial charge in [-0.05, 0) is 23.8 Å². The highest BCUT2D eigenvalue weighted by Crippen LogP contribution is 2.32. The smallest absolute Gasteiger partial charge is 0.141 e. The van der Waals surface area contributed by atoms with Crippen LogP contribution < -0.4 is 0 Å². The number of Topliss-reactive ketones (excluding diaryl/α,β-unsaturated/α-hetero) is 1. The molecule has 0 aromatic heterocycles. The van der Waals surface area contributed by atoms with Crippen LogP contribution in [0.2, 0.25) is 0 Å². The molecule has 1 rings (SSSR count). The molecular formula is C18H28O. The summed E-state index contributed by atoms with van der Waals surface area (Å²) in [6.45, 7) is 11.6. The average Bonchev–Trinajstić information content (AvgIpc) is 2.34. The summed E-state index contributed by atoms with van der Waals surface area (Å²) >= 11 is 0. The second kappa shape index (κ2) is 5.90. The molecule has 1 aromatic carbocycles. The monoisotopic (exact) mass is 262 g/mol. The first-order chi connectivity index (χ1) is 9.38. The van der Waals surface area contributed by atoms with Gasteiger partial charge in [-0.25, -0.2) is 0 Å². The molecule has 0 saturated heterocycles. The molecule has 19 heavy (non-hydrogen) atoms. The molecule has 0 saturated carbocycles. The molecule has 0 bridgehead atoms. The highest BCUT2D eigenvalue weighted by atomic mass is 16.1. The fraction of sp³-hybridized carbons (Fsp3) is 0.611. The van der Waals surface area contributed by atoms with Gasteiger partial charge in [0.25, 0.3) is 0 Å². The number of hydrogen-bond donors (Lipinski definition) is 0. The number of benzene rings is 1. The van der Waals surface area contributed by atoms with E-state index in [-0.39, 0.29) is 11.2 Å². The predicted octanol–water partition coefficient (Wildman–Crippen LogP) is 4.90. The van der Waals surface area contributed by atoms with Crippen molar-refractivity contribution < 1.29 is 7.54 Å². The number of hydrogen-bond acceptors (Lipinski definition) is 1. The summed E-state index contributed by atoms with van der Waals surface area (Å²) in [6, 6.07) is 9.27. The van der Waals surface area contributed by atoms with Gasteiger partial charge in [-0.1, -0.05) is 71.9 Å². The van der Waals surface area contributed by atoms with Crippen LogP contribution in [0.3, 0.4) is 0 Å². The Balaban J connectivity index is 3.29. The van der Waals surface area contributed by atoms with E-state index in [1.54, 1.807) is 0 Å². The molecule has 1 aromatic rings. The quantitative estimate of drug-likeness (QED) is 0.754. The largest absolute Gasteiger partial charge is 0.299 e. The fourth-order valence-electron chi connectivity index (χ4n) is 2.00. The van der Waals surface area contributed by atoms with E-state index in [9.17, 15) is 4.79 Å². The lowest BCUT2D eigenvalue weighted by molar-refractivity contribution is -0.131. The Morgan fingerprint density at radius 1 is 1.16 bits per heavy atom. The van der Waals surface area contributed by atoms with E-state index in [0.717, 1.165) is 5.56 Å². The zero-order valence-corrected chi connectivity index (χ0v) is 13.1. The van der Waals surface area contributed by atoms with E-state index < -0.39 is 17.7 Å². The zero-order valence-electron chi connectivity index (χ0n) is 15.1. The SMILES string of the molecule is [2H][C@@H](c1ccccc1)[C@]([2H])(CC(C)(C)C)C(=O)C(C)(C)C. The molecule has 0 aliphatic rings. The molecule has 0 fully saturated rings. The van der Waals surface area contributed by atoms with Gasteiger partial charge >= 0.3 is 0 Å². The third kappa shape index (κ3) is 5.59. The lowest BCUT2D eigenvalue weighted by Gasteiger charge is -2.30. The topological polar surface area (TPSA) is 17.1 Å². The average molecular weight is 262 g/mol. The number of ketones is 1. The second-order valence-electron chi connectivity index (χ2n) is 7.40. The van der Waals surface area contributed by atoms with Crippen molar-refractivity contribution in [3.63, 3.8) is 0 Å². The lowest BCUT2D eigenvalue weighted by atomic mass is 9.73. The van der Waals surface area contributed by atoms with Crippen LogP contribution in [-0.2, 0) is 11.2 Å².